The van der Waals surface area contributed by atoms with Crippen molar-refractivity contribution in [2.45, 2.75) is 51.0 Å². The Hall–Kier alpha value is -0.650. The summed E-state index contributed by atoms with van der Waals surface area (Å²) in [5, 5.41) is 8.91. The molecule has 4 atom stereocenters. The number of ether oxygens (including phenoxy) is 1. The molecule has 2 heterocycles. The third kappa shape index (κ3) is 3.02. The molecule has 0 aromatic heterocycles. The number of hydrogen-bond donors (Lipinski definition) is 1. The molecule has 18 heavy (non-hydrogen) atoms. The minimum absolute atomic E-state index is 0.0916. The lowest BCUT2D eigenvalue weighted by Gasteiger charge is -2.43. The lowest BCUT2D eigenvalue weighted by molar-refractivity contribution is -0.149. The van der Waals surface area contributed by atoms with E-state index in [4.69, 9.17) is 9.84 Å². The molecule has 0 aromatic carbocycles. The maximum atomic E-state index is 10.8. The largest absolute Gasteiger partial charge is 0.479 e. The van der Waals surface area contributed by atoms with Gasteiger partial charge in [-0.25, -0.2) is 4.79 Å². The summed E-state index contributed by atoms with van der Waals surface area (Å²) >= 11 is 0. The number of carboxylic acids is 1. The Bertz CT molecular complexity index is 299. The average Bonchev–Trinajstić information content (AvgIpc) is 2.74. The van der Waals surface area contributed by atoms with Gasteiger partial charge in [-0.3, -0.25) is 9.80 Å². The van der Waals surface area contributed by atoms with Crippen molar-refractivity contribution in [1.82, 2.24) is 9.80 Å². The number of nitrogens with zero attached hydrogens (tertiary/aromatic N) is 2. The van der Waals surface area contributed by atoms with Crippen LogP contribution in [0.1, 0.15) is 26.7 Å². The molecule has 5 heteroatoms. The van der Waals surface area contributed by atoms with Crippen molar-refractivity contribution in [2.75, 3.05) is 26.7 Å². The highest BCUT2D eigenvalue weighted by molar-refractivity contribution is 5.72. The number of aliphatic carboxylic acids is 1. The second kappa shape index (κ2) is 5.55. The van der Waals surface area contributed by atoms with Crippen molar-refractivity contribution < 1.29 is 14.6 Å². The summed E-state index contributed by atoms with van der Waals surface area (Å²) in [6.07, 6.45) is 1.02. The molecule has 5 nitrogen and oxygen atoms in total. The van der Waals surface area contributed by atoms with E-state index >= 15 is 0 Å². The van der Waals surface area contributed by atoms with E-state index in [1.165, 1.54) is 0 Å². The van der Waals surface area contributed by atoms with Gasteiger partial charge >= 0.3 is 5.97 Å². The zero-order valence-corrected chi connectivity index (χ0v) is 11.5. The molecule has 2 aliphatic heterocycles. The Morgan fingerprint density at radius 2 is 1.89 bits per heavy atom. The van der Waals surface area contributed by atoms with Gasteiger partial charge in [-0.1, -0.05) is 0 Å². The molecule has 2 fully saturated rings. The maximum absolute atomic E-state index is 10.8. The number of hydrogen-bond acceptors (Lipinski definition) is 4. The van der Waals surface area contributed by atoms with E-state index in [1.54, 1.807) is 0 Å². The van der Waals surface area contributed by atoms with E-state index in [-0.39, 0.29) is 6.10 Å². The van der Waals surface area contributed by atoms with E-state index in [1.807, 2.05) is 0 Å². The minimum atomic E-state index is -0.822. The van der Waals surface area contributed by atoms with Crippen molar-refractivity contribution in [2.24, 2.45) is 0 Å². The fourth-order valence-corrected chi connectivity index (χ4v) is 2.97. The number of likely N-dealkylation sites (N-methyl/N-ethyl adjacent to an activating group) is 1. The smallest absolute Gasteiger partial charge is 0.332 e. The van der Waals surface area contributed by atoms with Gasteiger partial charge in [-0.15, -0.1) is 0 Å². The van der Waals surface area contributed by atoms with Gasteiger partial charge in [-0.2, -0.15) is 0 Å². The number of carbonyl (C=O) groups is 1. The van der Waals surface area contributed by atoms with Crippen LogP contribution in [0.5, 0.6) is 0 Å². The van der Waals surface area contributed by atoms with Gasteiger partial charge in [0.25, 0.3) is 0 Å². The summed E-state index contributed by atoms with van der Waals surface area (Å²) in [6.45, 7) is 7.42. The summed E-state index contributed by atoms with van der Waals surface area (Å²) < 4.78 is 5.57. The van der Waals surface area contributed by atoms with Crippen LogP contribution in [0.2, 0.25) is 0 Å². The lowest BCUT2D eigenvalue weighted by atomic mass is 10.1. The molecule has 2 aliphatic rings. The maximum Gasteiger partial charge on any atom is 0.332 e. The Labute approximate surface area is 109 Å². The van der Waals surface area contributed by atoms with Crippen LogP contribution in [0.25, 0.3) is 0 Å². The van der Waals surface area contributed by atoms with Gasteiger partial charge < -0.3 is 9.84 Å². The van der Waals surface area contributed by atoms with Gasteiger partial charge in [0, 0.05) is 31.7 Å². The van der Waals surface area contributed by atoms with Gasteiger partial charge in [0.1, 0.15) is 0 Å². The number of piperazine rings is 1. The zero-order chi connectivity index (χ0) is 13.3. The highest BCUT2D eigenvalue weighted by Gasteiger charge is 2.33. The quantitative estimate of drug-likeness (QED) is 0.803. The SMILES string of the molecule is CC1CN(CC2CCC(C(=O)O)O2)CC(C)N1C. The van der Waals surface area contributed by atoms with Crippen LogP contribution in [0, 0.1) is 0 Å². The highest BCUT2D eigenvalue weighted by Crippen LogP contribution is 2.22. The standard InChI is InChI=1S/C13H24N2O3/c1-9-6-15(7-10(2)14(9)3)8-11-4-5-12(18-11)13(16)17/h9-12H,4-8H2,1-3H3,(H,16,17). The molecule has 2 saturated heterocycles. The lowest BCUT2D eigenvalue weighted by Crippen LogP contribution is -2.56. The molecule has 0 aliphatic carbocycles. The van der Waals surface area contributed by atoms with Gasteiger partial charge in [0.15, 0.2) is 6.10 Å². The number of carboxylic acid groups (broad SMARTS) is 1. The molecular weight excluding hydrogens is 232 g/mol. The van der Waals surface area contributed by atoms with Crippen LogP contribution in [-0.2, 0) is 9.53 Å². The second-order valence-electron chi connectivity index (χ2n) is 5.74. The van der Waals surface area contributed by atoms with Crippen LogP contribution < -0.4 is 0 Å². The highest BCUT2D eigenvalue weighted by atomic mass is 16.5. The zero-order valence-electron chi connectivity index (χ0n) is 11.5. The average molecular weight is 256 g/mol. The minimum Gasteiger partial charge on any atom is -0.479 e. The molecule has 104 valence electrons. The van der Waals surface area contributed by atoms with Gasteiger partial charge in [-0.05, 0) is 33.7 Å². The fraction of sp³-hybridized carbons (Fsp3) is 0.923. The van der Waals surface area contributed by atoms with E-state index in [2.05, 4.69) is 30.7 Å². The first kappa shape index (κ1) is 13.8. The first-order valence-electron chi connectivity index (χ1n) is 6.80. The van der Waals surface area contributed by atoms with Crippen LogP contribution in [0.4, 0.5) is 0 Å². The van der Waals surface area contributed by atoms with Crippen molar-refractivity contribution in [3.05, 3.63) is 0 Å². The van der Waals surface area contributed by atoms with Gasteiger partial charge in [0.05, 0.1) is 6.10 Å². The Kier molecular flexibility index (Phi) is 4.25. The van der Waals surface area contributed by atoms with Crippen LogP contribution in [0.15, 0.2) is 0 Å². The van der Waals surface area contributed by atoms with Crippen molar-refractivity contribution in [3.63, 3.8) is 0 Å². The summed E-state index contributed by atoms with van der Waals surface area (Å²) in [7, 11) is 2.17. The molecule has 0 spiro atoms. The van der Waals surface area contributed by atoms with Crippen molar-refractivity contribution in [3.8, 4) is 0 Å². The molecule has 0 aromatic rings. The van der Waals surface area contributed by atoms with Crippen LogP contribution >= 0.6 is 0 Å². The predicted molar refractivity (Wildman–Crippen MR) is 68.7 cm³/mol. The van der Waals surface area contributed by atoms with E-state index in [9.17, 15) is 4.79 Å². The molecule has 4 unspecified atom stereocenters. The summed E-state index contributed by atoms with van der Waals surface area (Å²) in [5.74, 6) is -0.822. The molecule has 1 N–H and O–H groups in total. The molecule has 2 rings (SSSR count). The third-order valence-electron chi connectivity index (χ3n) is 4.28. The Morgan fingerprint density at radius 3 is 2.39 bits per heavy atom. The van der Waals surface area contributed by atoms with E-state index in [0.29, 0.717) is 18.5 Å². The van der Waals surface area contributed by atoms with E-state index in [0.717, 1.165) is 26.1 Å². The van der Waals surface area contributed by atoms with Crippen LogP contribution in [-0.4, -0.2) is 71.8 Å². The van der Waals surface area contributed by atoms with Crippen molar-refractivity contribution >= 4 is 5.97 Å². The monoisotopic (exact) mass is 256 g/mol. The molecule has 0 amide bonds. The fourth-order valence-electron chi connectivity index (χ4n) is 2.97. The summed E-state index contributed by atoms with van der Waals surface area (Å²) in [5.41, 5.74) is 0. The summed E-state index contributed by atoms with van der Waals surface area (Å²) in [4.78, 5) is 15.6. The third-order valence-corrected chi connectivity index (χ3v) is 4.28. The molecule has 0 bridgehead atoms. The normalized spacial score (nSPS) is 39.1. The Morgan fingerprint density at radius 1 is 1.28 bits per heavy atom. The first-order valence-corrected chi connectivity index (χ1v) is 6.80. The van der Waals surface area contributed by atoms with Gasteiger partial charge in [0.2, 0.25) is 0 Å². The summed E-state index contributed by atoms with van der Waals surface area (Å²) in [6, 6.07) is 1.09. The topological polar surface area (TPSA) is 53.0 Å². The Balaban J connectivity index is 1.82. The van der Waals surface area contributed by atoms with E-state index < -0.39 is 12.1 Å². The van der Waals surface area contributed by atoms with Crippen molar-refractivity contribution in [1.29, 1.82) is 0 Å². The molecular formula is C13H24N2O3. The number of rotatable bonds is 3. The predicted octanol–water partition coefficient (Wildman–Crippen LogP) is 0.643. The molecule has 0 radical (unpaired) electrons. The molecule has 0 saturated carbocycles. The van der Waals surface area contributed by atoms with Crippen LogP contribution in [0.3, 0.4) is 0 Å². The second-order valence-corrected chi connectivity index (χ2v) is 5.74. The first-order chi connectivity index (χ1) is 8.47.